The molecule has 0 bridgehead atoms. The number of thiophene rings is 1. The van der Waals surface area contributed by atoms with Gasteiger partial charge in [0.25, 0.3) is 0 Å². The van der Waals surface area contributed by atoms with E-state index in [2.05, 4.69) is 48.7 Å². The van der Waals surface area contributed by atoms with Gasteiger partial charge in [0.2, 0.25) is 0 Å². The van der Waals surface area contributed by atoms with Gasteiger partial charge < -0.3 is 0 Å². The van der Waals surface area contributed by atoms with Gasteiger partial charge in [0.05, 0.1) is 0 Å². The Balaban J connectivity index is 0.00000106. The summed E-state index contributed by atoms with van der Waals surface area (Å²) in [7, 11) is 0. The molecule has 2 aromatic heterocycles. The van der Waals surface area contributed by atoms with Crippen molar-refractivity contribution >= 4 is 27.2 Å². The van der Waals surface area contributed by atoms with Crippen molar-refractivity contribution in [1.82, 2.24) is 4.98 Å². The molecule has 0 saturated heterocycles. The lowest BCUT2D eigenvalue weighted by Gasteiger charge is -2.28. The normalized spacial score (nSPS) is 21.2. The highest BCUT2D eigenvalue weighted by molar-refractivity contribution is 7.17. The van der Waals surface area contributed by atoms with Crippen LogP contribution in [0.25, 0.3) is 10.1 Å². The zero-order valence-electron chi connectivity index (χ0n) is 18.5. The SMILES string of the molecule is CC.CCc1ccc(C2CC2)c(C(=O)C2CCC(c3ccc4sccc4c3)CC2)n1. The number of benzene rings is 1. The molecule has 0 unspecified atom stereocenters. The third-order valence-corrected chi connectivity index (χ3v) is 7.54. The van der Waals surface area contributed by atoms with Crippen LogP contribution in [0.5, 0.6) is 0 Å². The Kier molecular flexibility index (Phi) is 6.67. The van der Waals surface area contributed by atoms with Gasteiger partial charge in [-0.05, 0) is 96.9 Å². The van der Waals surface area contributed by atoms with Crippen molar-refractivity contribution in [2.75, 3.05) is 0 Å². The Bertz CT molecular complexity index is 1010. The van der Waals surface area contributed by atoms with Crippen molar-refractivity contribution in [1.29, 1.82) is 0 Å². The molecule has 30 heavy (non-hydrogen) atoms. The van der Waals surface area contributed by atoms with Crippen molar-refractivity contribution in [3.8, 4) is 0 Å². The van der Waals surface area contributed by atoms with Crippen LogP contribution in [0, 0.1) is 5.92 Å². The molecule has 1 aromatic carbocycles. The van der Waals surface area contributed by atoms with Gasteiger partial charge in [-0.25, -0.2) is 4.98 Å². The van der Waals surface area contributed by atoms with Gasteiger partial charge in [0, 0.05) is 16.3 Å². The van der Waals surface area contributed by atoms with E-state index in [1.54, 1.807) is 11.3 Å². The number of hydrogen-bond donors (Lipinski definition) is 0. The Labute approximate surface area is 184 Å². The summed E-state index contributed by atoms with van der Waals surface area (Å²) in [6.45, 7) is 6.11. The Morgan fingerprint density at radius 3 is 2.40 bits per heavy atom. The van der Waals surface area contributed by atoms with Crippen LogP contribution in [0.3, 0.4) is 0 Å². The van der Waals surface area contributed by atoms with Gasteiger partial charge in [-0.2, -0.15) is 0 Å². The summed E-state index contributed by atoms with van der Waals surface area (Å²) in [5, 5.41) is 3.52. The molecule has 2 aliphatic rings. The van der Waals surface area contributed by atoms with Crippen LogP contribution >= 0.6 is 11.3 Å². The Hall–Kier alpha value is -2.00. The highest BCUT2D eigenvalue weighted by Gasteiger charge is 2.33. The standard InChI is InChI=1S/C25H27NOS.C2H6/c1-2-21-10-11-22(17-5-6-17)24(26-21)25(27)18-7-3-16(4-8-18)19-9-12-23-20(15-19)13-14-28-23;1-2/h9-18H,2-8H2,1H3;1-2H3. The lowest BCUT2D eigenvalue weighted by atomic mass is 9.76. The highest BCUT2D eigenvalue weighted by atomic mass is 32.1. The predicted molar refractivity (Wildman–Crippen MR) is 128 cm³/mol. The molecule has 5 rings (SSSR count). The van der Waals surface area contributed by atoms with Crippen molar-refractivity contribution in [2.45, 2.75) is 77.6 Å². The number of nitrogens with zero attached hydrogens (tertiary/aromatic N) is 1. The number of fused-ring (bicyclic) bond motifs is 1. The minimum Gasteiger partial charge on any atom is -0.292 e. The van der Waals surface area contributed by atoms with E-state index in [1.807, 2.05) is 13.8 Å². The third-order valence-electron chi connectivity index (χ3n) is 6.64. The zero-order chi connectivity index (χ0) is 21.1. The molecule has 3 aromatic rings. The quantitative estimate of drug-likeness (QED) is 0.393. The molecule has 2 fully saturated rings. The lowest BCUT2D eigenvalue weighted by molar-refractivity contribution is 0.0877. The summed E-state index contributed by atoms with van der Waals surface area (Å²) in [6.07, 6.45) is 7.52. The van der Waals surface area contributed by atoms with Crippen molar-refractivity contribution in [3.63, 3.8) is 0 Å². The average molecular weight is 420 g/mol. The molecule has 2 heterocycles. The highest BCUT2D eigenvalue weighted by Crippen LogP contribution is 2.43. The maximum absolute atomic E-state index is 13.3. The Morgan fingerprint density at radius 1 is 0.967 bits per heavy atom. The molecule has 0 aliphatic heterocycles. The van der Waals surface area contributed by atoms with Gasteiger partial charge in [-0.15, -0.1) is 11.3 Å². The fraction of sp³-hybridized carbons (Fsp3) is 0.481. The Morgan fingerprint density at radius 2 is 1.70 bits per heavy atom. The fourth-order valence-corrected chi connectivity index (χ4v) is 5.52. The van der Waals surface area contributed by atoms with Gasteiger partial charge in [0.15, 0.2) is 5.78 Å². The molecular weight excluding hydrogens is 386 g/mol. The second-order valence-electron chi connectivity index (χ2n) is 8.50. The second kappa shape index (κ2) is 9.43. The summed E-state index contributed by atoms with van der Waals surface area (Å²) in [5.74, 6) is 1.62. The summed E-state index contributed by atoms with van der Waals surface area (Å²) >= 11 is 1.80. The number of hydrogen-bond acceptors (Lipinski definition) is 3. The van der Waals surface area contributed by atoms with Crippen LogP contribution in [-0.2, 0) is 6.42 Å². The van der Waals surface area contributed by atoms with Gasteiger partial charge in [0.1, 0.15) is 5.69 Å². The summed E-state index contributed by atoms with van der Waals surface area (Å²) in [5.41, 5.74) is 4.50. The van der Waals surface area contributed by atoms with E-state index >= 15 is 0 Å². The van der Waals surface area contributed by atoms with Gasteiger partial charge in [-0.1, -0.05) is 39.0 Å². The molecule has 0 radical (unpaired) electrons. The van der Waals surface area contributed by atoms with E-state index in [1.165, 1.54) is 34.1 Å². The number of pyridine rings is 1. The summed E-state index contributed by atoms with van der Waals surface area (Å²) < 4.78 is 1.36. The number of carbonyl (C=O) groups excluding carboxylic acids is 1. The smallest absolute Gasteiger partial charge is 0.184 e. The van der Waals surface area contributed by atoms with Gasteiger partial charge >= 0.3 is 0 Å². The van der Waals surface area contributed by atoms with Crippen LogP contribution in [-0.4, -0.2) is 10.8 Å². The average Bonchev–Trinajstić information content (AvgIpc) is 3.56. The number of carbonyl (C=O) groups is 1. The lowest BCUT2D eigenvalue weighted by Crippen LogP contribution is -2.23. The van der Waals surface area contributed by atoms with E-state index < -0.39 is 0 Å². The van der Waals surface area contributed by atoms with Gasteiger partial charge in [-0.3, -0.25) is 4.79 Å². The van der Waals surface area contributed by atoms with E-state index in [0.29, 0.717) is 17.6 Å². The molecule has 0 atom stereocenters. The van der Waals surface area contributed by atoms with Crippen LogP contribution in [0.1, 0.15) is 98.4 Å². The molecule has 0 N–H and O–H groups in total. The molecule has 158 valence electrons. The first-order valence-corrected chi connectivity index (χ1v) is 12.6. The van der Waals surface area contributed by atoms with Crippen LogP contribution in [0.2, 0.25) is 0 Å². The number of ketones is 1. The molecule has 2 aliphatic carbocycles. The number of Topliss-reactive ketones (excluding diaryl/α,β-unsaturated/α-hetero) is 1. The van der Waals surface area contributed by atoms with Crippen molar-refractivity contribution in [3.05, 3.63) is 64.3 Å². The van der Waals surface area contributed by atoms with Crippen LogP contribution in [0.4, 0.5) is 0 Å². The minimum atomic E-state index is 0.151. The molecular formula is C27H33NOS. The zero-order valence-corrected chi connectivity index (χ0v) is 19.3. The molecule has 2 nitrogen and oxygen atoms in total. The van der Waals surface area contributed by atoms with Crippen LogP contribution < -0.4 is 0 Å². The predicted octanol–water partition coefficient (Wildman–Crippen LogP) is 7.92. The number of aromatic nitrogens is 1. The fourth-order valence-electron chi connectivity index (χ4n) is 4.75. The minimum absolute atomic E-state index is 0.151. The summed E-state index contributed by atoms with van der Waals surface area (Å²) in [6, 6.07) is 13.4. The number of rotatable bonds is 5. The van der Waals surface area contributed by atoms with E-state index in [-0.39, 0.29) is 5.92 Å². The second-order valence-corrected chi connectivity index (χ2v) is 9.45. The first-order chi connectivity index (χ1) is 14.7. The topological polar surface area (TPSA) is 30.0 Å². The largest absolute Gasteiger partial charge is 0.292 e. The van der Waals surface area contributed by atoms with E-state index in [4.69, 9.17) is 4.98 Å². The first-order valence-electron chi connectivity index (χ1n) is 11.7. The van der Waals surface area contributed by atoms with E-state index in [9.17, 15) is 4.79 Å². The molecule has 0 spiro atoms. The maximum Gasteiger partial charge on any atom is 0.184 e. The maximum atomic E-state index is 13.3. The van der Waals surface area contributed by atoms with E-state index in [0.717, 1.165) is 43.5 Å². The molecule has 3 heteroatoms. The summed E-state index contributed by atoms with van der Waals surface area (Å²) in [4.78, 5) is 18.1. The molecule has 0 amide bonds. The van der Waals surface area contributed by atoms with Crippen molar-refractivity contribution < 1.29 is 4.79 Å². The number of aryl methyl sites for hydroxylation is 1. The van der Waals surface area contributed by atoms with Crippen molar-refractivity contribution in [2.24, 2.45) is 5.92 Å². The van der Waals surface area contributed by atoms with Crippen LogP contribution in [0.15, 0.2) is 41.8 Å². The molecule has 2 saturated carbocycles. The third kappa shape index (κ3) is 4.37. The first kappa shape index (κ1) is 21.2. The monoisotopic (exact) mass is 419 g/mol.